The molecule has 0 aromatic heterocycles. The van der Waals surface area contributed by atoms with Crippen molar-refractivity contribution in [1.29, 1.82) is 0 Å². The number of ether oxygens (including phenoxy) is 1. The lowest BCUT2D eigenvalue weighted by atomic mass is 9.76. The van der Waals surface area contributed by atoms with E-state index >= 15 is 0 Å². The molecule has 6 nitrogen and oxygen atoms in total. The Morgan fingerprint density at radius 2 is 1.94 bits per heavy atom. The highest BCUT2D eigenvalue weighted by atomic mass is 32.2. The number of aldehydes is 1. The quantitative estimate of drug-likeness (QED) is 0.526. The highest BCUT2D eigenvalue weighted by Gasteiger charge is 2.29. The van der Waals surface area contributed by atoms with Crippen LogP contribution in [0.25, 0.3) is 11.1 Å². The number of hydrogen-bond acceptors (Lipinski definition) is 5. The summed E-state index contributed by atoms with van der Waals surface area (Å²) in [5.41, 5.74) is 2.72. The van der Waals surface area contributed by atoms with Gasteiger partial charge >= 0.3 is 0 Å². The topological polar surface area (TPSA) is 89.5 Å². The number of benzene rings is 2. The summed E-state index contributed by atoms with van der Waals surface area (Å²) in [6, 6.07) is 10.3. The minimum absolute atomic E-state index is 0.0382. The highest BCUT2D eigenvalue weighted by molar-refractivity contribution is 7.89. The van der Waals surface area contributed by atoms with E-state index in [1.165, 1.54) is 6.07 Å². The minimum atomic E-state index is -3.66. The van der Waals surface area contributed by atoms with Crippen LogP contribution in [0.5, 0.6) is 5.75 Å². The molecule has 2 aliphatic rings. The van der Waals surface area contributed by atoms with Crippen molar-refractivity contribution < 1.29 is 27.1 Å². The van der Waals surface area contributed by atoms with Crippen LogP contribution < -0.4 is 9.46 Å². The van der Waals surface area contributed by atoms with E-state index in [9.17, 15) is 22.4 Å². The zero-order chi connectivity index (χ0) is 24.3. The maximum Gasteiger partial charge on any atom is 0.237 e. The Morgan fingerprint density at radius 3 is 2.62 bits per heavy atom. The van der Waals surface area contributed by atoms with Gasteiger partial charge in [-0.05, 0) is 78.8 Å². The second-order valence-electron chi connectivity index (χ2n) is 9.45. The fourth-order valence-electron chi connectivity index (χ4n) is 4.98. The van der Waals surface area contributed by atoms with E-state index in [0.29, 0.717) is 34.8 Å². The zero-order valence-corrected chi connectivity index (χ0v) is 20.1. The molecule has 0 bridgehead atoms. The van der Waals surface area contributed by atoms with Crippen molar-refractivity contribution in [1.82, 2.24) is 4.72 Å². The first-order chi connectivity index (χ1) is 16.2. The monoisotopic (exact) mass is 487 g/mol. The molecule has 4 rings (SSSR count). The van der Waals surface area contributed by atoms with Crippen LogP contribution in [0.15, 0.2) is 36.4 Å². The number of nitrogens with one attached hydrogen (secondary N) is 1. The van der Waals surface area contributed by atoms with Crippen LogP contribution in [0.2, 0.25) is 0 Å². The molecular formula is C26H30FNO5S. The first-order valence-corrected chi connectivity index (χ1v) is 13.6. The molecule has 0 unspecified atom stereocenters. The molecule has 0 radical (unpaired) electrons. The van der Waals surface area contributed by atoms with Crippen molar-refractivity contribution in [2.75, 3.05) is 6.26 Å². The van der Waals surface area contributed by atoms with E-state index in [1.54, 1.807) is 24.3 Å². The van der Waals surface area contributed by atoms with Crippen LogP contribution >= 0.6 is 0 Å². The number of rotatable bonds is 9. The molecule has 2 saturated carbocycles. The van der Waals surface area contributed by atoms with Crippen molar-refractivity contribution in [3.8, 4) is 16.9 Å². The SMILES string of the molecule is CS(=O)(=O)NC(=O)Cc1ccc(O[C@@H]2CC[C@@H](CC=O)C2)c(-c2cccc(F)c2C2CCC2)c1. The van der Waals surface area contributed by atoms with Gasteiger partial charge in [0.25, 0.3) is 0 Å². The van der Waals surface area contributed by atoms with E-state index < -0.39 is 15.9 Å². The first kappa shape index (κ1) is 24.4. The van der Waals surface area contributed by atoms with Gasteiger partial charge in [-0.25, -0.2) is 12.8 Å². The molecule has 0 heterocycles. The largest absolute Gasteiger partial charge is 0.490 e. The highest BCUT2D eigenvalue weighted by Crippen LogP contribution is 2.45. The standard InChI is InChI=1S/C26H30FNO5S/c1-34(31,32)28-25(30)16-18-9-11-24(33-20-10-8-17(14-20)12-13-29)22(15-18)21-6-3-7-23(27)26(21)19-4-2-5-19/h3,6-7,9,11,13,15,17,19-20H,2,4-5,8,10,12,14,16H2,1H3,(H,28,30)/t17-,20+/m0/s1. The van der Waals surface area contributed by atoms with Gasteiger partial charge in [0.1, 0.15) is 17.9 Å². The third kappa shape index (κ3) is 5.84. The van der Waals surface area contributed by atoms with E-state index in [-0.39, 0.29) is 24.3 Å². The summed E-state index contributed by atoms with van der Waals surface area (Å²) >= 11 is 0. The fraction of sp³-hybridized carbons (Fsp3) is 0.462. The molecule has 8 heteroatoms. The van der Waals surface area contributed by atoms with Crippen LogP contribution in [0.3, 0.4) is 0 Å². The van der Waals surface area contributed by atoms with Crippen molar-refractivity contribution in [3.05, 3.63) is 53.3 Å². The van der Waals surface area contributed by atoms with Crippen molar-refractivity contribution >= 4 is 22.2 Å². The summed E-state index contributed by atoms with van der Waals surface area (Å²) < 4.78 is 46.2. The summed E-state index contributed by atoms with van der Waals surface area (Å²) in [6.07, 6.45) is 7.72. The molecule has 182 valence electrons. The minimum Gasteiger partial charge on any atom is -0.490 e. The van der Waals surface area contributed by atoms with Crippen molar-refractivity contribution in [2.45, 2.75) is 63.4 Å². The van der Waals surface area contributed by atoms with Crippen LogP contribution in [0.1, 0.15) is 62.0 Å². The van der Waals surface area contributed by atoms with Crippen LogP contribution in [-0.4, -0.2) is 33.0 Å². The van der Waals surface area contributed by atoms with Gasteiger partial charge in [-0.3, -0.25) is 9.52 Å². The lowest BCUT2D eigenvalue weighted by molar-refractivity contribution is -0.118. The Kier molecular flexibility index (Phi) is 7.36. The number of sulfonamides is 1. The first-order valence-electron chi connectivity index (χ1n) is 11.8. The summed E-state index contributed by atoms with van der Waals surface area (Å²) in [5.74, 6) is 0.179. The zero-order valence-electron chi connectivity index (χ0n) is 19.3. The van der Waals surface area contributed by atoms with Gasteiger partial charge in [0.15, 0.2) is 0 Å². The lowest BCUT2D eigenvalue weighted by Crippen LogP contribution is -2.30. The van der Waals surface area contributed by atoms with E-state index in [4.69, 9.17) is 4.74 Å². The van der Waals surface area contributed by atoms with E-state index in [0.717, 1.165) is 56.6 Å². The molecule has 2 atom stereocenters. The van der Waals surface area contributed by atoms with Crippen LogP contribution in [0.4, 0.5) is 4.39 Å². The molecule has 2 aromatic carbocycles. The van der Waals surface area contributed by atoms with E-state index in [1.807, 2.05) is 10.8 Å². The predicted molar refractivity (Wildman–Crippen MR) is 128 cm³/mol. The Balaban J connectivity index is 1.69. The smallest absolute Gasteiger partial charge is 0.237 e. The summed E-state index contributed by atoms with van der Waals surface area (Å²) in [6.45, 7) is 0. The average molecular weight is 488 g/mol. The molecule has 1 amide bonds. The molecule has 0 aliphatic heterocycles. The average Bonchev–Trinajstić information content (AvgIpc) is 3.15. The van der Waals surface area contributed by atoms with Gasteiger partial charge in [0, 0.05) is 12.0 Å². The number of carbonyl (C=O) groups is 2. The Morgan fingerprint density at radius 1 is 1.15 bits per heavy atom. The van der Waals surface area contributed by atoms with Crippen LogP contribution in [0, 0.1) is 11.7 Å². The van der Waals surface area contributed by atoms with Crippen LogP contribution in [-0.2, 0) is 26.0 Å². The summed E-state index contributed by atoms with van der Waals surface area (Å²) in [7, 11) is -3.66. The molecule has 34 heavy (non-hydrogen) atoms. The number of halogens is 1. The molecule has 2 fully saturated rings. The second-order valence-corrected chi connectivity index (χ2v) is 11.2. The number of carbonyl (C=O) groups excluding carboxylic acids is 2. The third-order valence-corrected chi connectivity index (χ3v) is 7.38. The van der Waals surface area contributed by atoms with E-state index in [2.05, 4.69) is 0 Å². The van der Waals surface area contributed by atoms with Gasteiger partial charge in [-0.15, -0.1) is 0 Å². The van der Waals surface area contributed by atoms with Crippen molar-refractivity contribution in [2.24, 2.45) is 5.92 Å². The predicted octanol–water partition coefficient (Wildman–Crippen LogP) is 4.52. The molecular weight excluding hydrogens is 457 g/mol. The molecule has 0 spiro atoms. The summed E-state index contributed by atoms with van der Waals surface area (Å²) in [4.78, 5) is 23.1. The Bertz CT molecular complexity index is 1180. The molecule has 2 aliphatic carbocycles. The van der Waals surface area contributed by atoms with Crippen molar-refractivity contribution in [3.63, 3.8) is 0 Å². The second kappa shape index (κ2) is 10.3. The molecule has 2 aromatic rings. The Hall–Kier alpha value is -2.74. The number of hydrogen-bond donors (Lipinski definition) is 1. The van der Waals surface area contributed by atoms with Gasteiger partial charge in [0.05, 0.1) is 18.8 Å². The van der Waals surface area contributed by atoms with Gasteiger partial charge in [-0.1, -0.05) is 24.6 Å². The number of amides is 1. The van der Waals surface area contributed by atoms with Gasteiger partial charge < -0.3 is 9.53 Å². The maximum absolute atomic E-state index is 15.0. The fourth-order valence-corrected chi connectivity index (χ4v) is 5.46. The Labute approximate surface area is 199 Å². The van der Waals surface area contributed by atoms with Gasteiger partial charge in [0.2, 0.25) is 15.9 Å². The normalized spacial score (nSPS) is 20.5. The molecule has 0 saturated heterocycles. The lowest BCUT2D eigenvalue weighted by Gasteiger charge is -2.29. The third-order valence-electron chi connectivity index (χ3n) is 6.78. The molecule has 1 N–H and O–H groups in total. The maximum atomic E-state index is 15.0. The summed E-state index contributed by atoms with van der Waals surface area (Å²) in [5, 5.41) is 0. The van der Waals surface area contributed by atoms with Gasteiger partial charge in [-0.2, -0.15) is 0 Å².